The minimum Gasteiger partial charge on any atom is -0.371 e. The van der Waals surface area contributed by atoms with Crippen LogP contribution in [0.5, 0.6) is 0 Å². The number of hydrogen-bond donors (Lipinski definition) is 1. The number of amides is 1. The predicted molar refractivity (Wildman–Crippen MR) is 73.5 cm³/mol. The maximum Gasteiger partial charge on any atom is 0.236 e. The van der Waals surface area contributed by atoms with Gasteiger partial charge in [0.25, 0.3) is 0 Å². The average Bonchev–Trinajstić information content (AvgIpc) is 2.47. The molecule has 1 aromatic rings. The van der Waals surface area contributed by atoms with Crippen LogP contribution in [0.4, 0.5) is 5.69 Å². The summed E-state index contributed by atoms with van der Waals surface area (Å²) in [6.45, 7) is 1.76. The SMILES string of the molecule is CN(c1ccccc1)C1CCN(C(=O)CN)CC1. The van der Waals surface area contributed by atoms with E-state index >= 15 is 0 Å². The first kappa shape index (κ1) is 12.9. The third-order valence-electron chi connectivity index (χ3n) is 3.70. The number of nitrogens with two attached hydrogens (primary N) is 1. The van der Waals surface area contributed by atoms with Gasteiger partial charge in [-0.05, 0) is 25.0 Å². The highest BCUT2D eigenvalue weighted by Crippen LogP contribution is 2.21. The molecule has 4 nitrogen and oxygen atoms in total. The van der Waals surface area contributed by atoms with Crippen LogP contribution in [0.3, 0.4) is 0 Å². The Kier molecular flexibility index (Phi) is 4.20. The lowest BCUT2D eigenvalue weighted by molar-refractivity contribution is -0.130. The fraction of sp³-hybridized carbons (Fsp3) is 0.500. The molecule has 4 heteroatoms. The van der Waals surface area contributed by atoms with Crippen LogP contribution in [0.15, 0.2) is 30.3 Å². The summed E-state index contributed by atoms with van der Waals surface area (Å²) >= 11 is 0. The Morgan fingerprint density at radius 2 is 1.94 bits per heavy atom. The first-order valence-corrected chi connectivity index (χ1v) is 6.48. The fourth-order valence-corrected chi connectivity index (χ4v) is 2.51. The number of para-hydroxylation sites is 1. The normalized spacial score (nSPS) is 16.7. The molecule has 0 radical (unpaired) electrons. The Balaban J connectivity index is 1.92. The number of benzene rings is 1. The van der Waals surface area contributed by atoms with E-state index in [9.17, 15) is 4.79 Å². The topological polar surface area (TPSA) is 49.6 Å². The minimum absolute atomic E-state index is 0.0656. The van der Waals surface area contributed by atoms with Crippen LogP contribution in [-0.4, -0.2) is 43.5 Å². The lowest BCUT2D eigenvalue weighted by Crippen LogP contribution is -2.47. The molecule has 1 fully saturated rings. The van der Waals surface area contributed by atoms with Crippen LogP contribution in [0.2, 0.25) is 0 Å². The third kappa shape index (κ3) is 2.82. The molecule has 1 aliphatic rings. The molecule has 2 rings (SSSR count). The molecule has 0 aliphatic carbocycles. The predicted octanol–water partition coefficient (Wildman–Crippen LogP) is 1.07. The van der Waals surface area contributed by atoms with Crippen LogP contribution >= 0.6 is 0 Å². The monoisotopic (exact) mass is 247 g/mol. The van der Waals surface area contributed by atoms with E-state index in [0.29, 0.717) is 6.04 Å². The first-order valence-electron chi connectivity index (χ1n) is 6.48. The van der Waals surface area contributed by atoms with Gasteiger partial charge in [0.05, 0.1) is 6.54 Å². The molecule has 1 heterocycles. The van der Waals surface area contributed by atoms with E-state index in [1.54, 1.807) is 0 Å². The molecule has 1 aromatic carbocycles. The Labute approximate surface area is 108 Å². The first-order chi connectivity index (χ1) is 8.72. The highest BCUT2D eigenvalue weighted by Gasteiger charge is 2.24. The summed E-state index contributed by atoms with van der Waals surface area (Å²) in [6.07, 6.45) is 2.02. The summed E-state index contributed by atoms with van der Waals surface area (Å²) in [6, 6.07) is 10.9. The van der Waals surface area contributed by atoms with Crippen molar-refractivity contribution in [1.29, 1.82) is 0 Å². The van der Waals surface area contributed by atoms with Gasteiger partial charge in [-0.1, -0.05) is 18.2 Å². The lowest BCUT2D eigenvalue weighted by atomic mass is 10.0. The number of likely N-dealkylation sites (tertiary alicyclic amines) is 1. The number of hydrogen-bond acceptors (Lipinski definition) is 3. The molecular weight excluding hydrogens is 226 g/mol. The van der Waals surface area contributed by atoms with Gasteiger partial charge in [-0.25, -0.2) is 0 Å². The van der Waals surface area contributed by atoms with E-state index < -0.39 is 0 Å². The highest BCUT2D eigenvalue weighted by molar-refractivity contribution is 5.78. The second-order valence-corrected chi connectivity index (χ2v) is 4.76. The van der Waals surface area contributed by atoms with Crippen molar-refractivity contribution >= 4 is 11.6 Å². The van der Waals surface area contributed by atoms with Crippen molar-refractivity contribution in [3.63, 3.8) is 0 Å². The summed E-state index contributed by atoms with van der Waals surface area (Å²) in [5.74, 6) is 0.0656. The van der Waals surface area contributed by atoms with Crippen molar-refractivity contribution in [2.75, 3.05) is 31.6 Å². The van der Waals surface area contributed by atoms with Gasteiger partial charge in [0.1, 0.15) is 0 Å². The zero-order valence-corrected chi connectivity index (χ0v) is 10.9. The Morgan fingerprint density at radius 3 is 2.50 bits per heavy atom. The van der Waals surface area contributed by atoms with Crippen LogP contribution in [0.1, 0.15) is 12.8 Å². The maximum atomic E-state index is 11.5. The summed E-state index contributed by atoms with van der Waals surface area (Å²) < 4.78 is 0. The molecule has 2 N–H and O–H groups in total. The van der Waals surface area contributed by atoms with Gasteiger partial charge in [-0.3, -0.25) is 4.79 Å². The molecule has 1 aliphatic heterocycles. The van der Waals surface area contributed by atoms with Crippen LogP contribution in [0.25, 0.3) is 0 Å². The van der Waals surface area contributed by atoms with E-state index in [1.807, 2.05) is 11.0 Å². The summed E-state index contributed by atoms with van der Waals surface area (Å²) in [5.41, 5.74) is 6.62. The number of piperidine rings is 1. The molecule has 0 saturated carbocycles. The average molecular weight is 247 g/mol. The van der Waals surface area contributed by atoms with Gasteiger partial charge in [-0.15, -0.1) is 0 Å². The Hall–Kier alpha value is -1.55. The van der Waals surface area contributed by atoms with Gasteiger partial charge in [-0.2, -0.15) is 0 Å². The molecule has 1 amide bonds. The molecule has 0 aromatic heterocycles. The smallest absolute Gasteiger partial charge is 0.236 e. The van der Waals surface area contributed by atoms with Gasteiger partial charge < -0.3 is 15.5 Å². The second-order valence-electron chi connectivity index (χ2n) is 4.76. The Morgan fingerprint density at radius 1 is 1.33 bits per heavy atom. The number of carbonyl (C=O) groups excluding carboxylic acids is 1. The van der Waals surface area contributed by atoms with Gasteiger partial charge >= 0.3 is 0 Å². The standard InChI is InChI=1S/C14H21N3O/c1-16(12-5-3-2-4-6-12)13-7-9-17(10-8-13)14(18)11-15/h2-6,13H,7-11,15H2,1H3. The van der Waals surface area contributed by atoms with Crippen molar-refractivity contribution in [1.82, 2.24) is 4.90 Å². The number of carbonyl (C=O) groups is 1. The lowest BCUT2D eigenvalue weighted by Gasteiger charge is -2.37. The van der Waals surface area contributed by atoms with Gasteiger partial charge in [0, 0.05) is 31.9 Å². The molecular formula is C14H21N3O. The van der Waals surface area contributed by atoms with E-state index in [-0.39, 0.29) is 12.5 Å². The molecule has 0 spiro atoms. The number of nitrogens with zero attached hydrogens (tertiary/aromatic N) is 2. The van der Waals surface area contributed by atoms with Crippen molar-refractivity contribution in [3.05, 3.63) is 30.3 Å². The highest BCUT2D eigenvalue weighted by atomic mass is 16.2. The fourth-order valence-electron chi connectivity index (χ4n) is 2.51. The van der Waals surface area contributed by atoms with Gasteiger partial charge in [0.2, 0.25) is 5.91 Å². The second kappa shape index (κ2) is 5.87. The van der Waals surface area contributed by atoms with Crippen molar-refractivity contribution in [2.24, 2.45) is 5.73 Å². The van der Waals surface area contributed by atoms with E-state index in [2.05, 4.69) is 36.2 Å². The van der Waals surface area contributed by atoms with Gasteiger partial charge in [0.15, 0.2) is 0 Å². The minimum atomic E-state index is 0.0656. The molecule has 1 saturated heterocycles. The van der Waals surface area contributed by atoms with E-state index in [4.69, 9.17) is 5.73 Å². The molecule has 0 atom stereocenters. The third-order valence-corrected chi connectivity index (χ3v) is 3.70. The summed E-state index contributed by atoms with van der Waals surface area (Å²) in [7, 11) is 2.13. The Bertz CT molecular complexity index is 385. The van der Waals surface area contributed by atoms with Crippen LogP contribution < -0.4 is 10.6 Å². The van der Waals surface area contributed by atoms with Crippen molar-refractivity contribution in [2.45, 2.75) is 18.9 Å². The largest absolute Gasteiger partial charge is 0.371 e. The van der Waals surface area contributed by atoms with Crippen LogP contribution in [0, 0.1) is 0 Å². The van der Waals surface area contributed by atoms with Crippen molar-refractivity contribution in [3.8, 4) is 0 Å². The molecule has 98 valence electrons. The number of anilines is 1. The maximum absolute atomic E-state index is 11.5. The van der Waals surface area contributed by atoms with Crippen LogP contribution in [-0.2, 0) is 4.79 Å². The molecule has 18 heavy (non-hydrogen) atoms. The molecule has 0 bridgehead atoms. The summed E-state index contributed by atoms with van der Waals surface area (Å²) in [4.78, 5) is 15.7. The van der Waals surface area contributed by atoms with E-state index in [1.165, 1.54) is 5.69 Å². The molecule has 0 unspecified atom stereocenters. The zero-order valence-electron chi connectivity index (χ0n) is 10.9. The van der Waals surface area contributed by atoms with E-state index in [0.717, 1.165) is 25.9 Å². The quantitative estimate of drug-likeness (QED) is 0.869. The zero-order chi connectivity index (χ0) is 13.0. The summed E-state index contributed by atoms with van der Waals surface area (Å²) in [5, 5.41) is 0. The van der Waals surface area contributed by atoms with Crippen molar-refractivity contribution < 1.29 is 4.79 Å². The number of rotatable bonds is 3.